The largest absolute Gasteiger partial charge is 0.310 e. The summed E-state index contributed by atoms with van der Waals surface area (Å²) < 4.78 is 26.9. The van der Waals surface area contributed by atoms with Gasteiger partial charge >= 0.3 is 0 Å². The number of nitrogens with zero attached hydrogens (tertiary/aromatic N) is 1. The number of rotatable bonds is 1. The van der Waals surface area contributed by atoms with E-state index in [0.29, 0.717) is 5.82 Å². The monoisotopic (exact) mass is 264 g/mol. The fourth-order valence-electron chi connectivity index (χ4n) is 1.64. The summed E-state index contributed by atoms with van der Waals surface area (Å²) in [7, 11) is 0. The normalized spacial score (nSPS) is 11.6. The summed E-state index contributed by atoms with van der Waals surface area (Å²) >= 11 is 0. The molecule has 1 heterocycles. The minimum absolute atomic E-state index is 0.0170. The number of aromatic nitrogens is 2. The van der Waals surface area contributed by atoms with Crippen LogP contribution >= 0.6 is 0 Å². The van der Waals surface area contributed by atoms with Crippen molar-refractivity contribution >= 4 is 0 Å². The van der Waals surface area contributed by atoms with E-state index in [4.69, 9.17) is 0 Å². The Hall–Kier alpha value is -2.04. The fourth-order valence-corrected chi connectivity index (χ4v) is 1.64. The summed E-state index contributed by atoms with van der Waals surface area (Å²) in [6, 6.07) is 4.23. The maximum atomic E-state index is 13.7. The van der Waals surface area contributed by atoms with Crippen molar-refractivity contribution in [3.8, 4) is 11.3 Å². The molecule has 2 aromatic rings. The third-order valence-electron chi connectivity index (χ3n) is 2.66. The first kappa shape index (κ1) is 13.4. The van der Waals surface area contributed by atoms with Crippen LogP contribution in [0.25, 0.3) is 11.3 Å². The van der Waals surface area contributed by atoms with E-state index in [1.54, 1.807) is 0 Å². The zero-order valence-electron chi connectivity index (χ0n) is 10.9. The van der Waals surface area contributed by atoms with Gasteiger partial charge in [-0.3, -0.25) is 4.79 Å². The van der Waals surface area contributed by atoms with Gasteiger partial charge in [0.1, 0.15) is 17.5 Å². The number of benzene rings is 1. The second-order valence-electron chi connectivity index (χ2n) is 5.35. The van der Waals surface area contributed by atoms with Crippen LogP contribution in [-0.2, 0) is 5.41 Å². The number of nitrogens with one attached hydrogen (secondary N) is 1. The Morgan fingerprint density at radius 2 is 1.84 bits per heavy atom. The molecule has 0 aliphatic heterocycles. The number of halogens is 2. The summed E-state index contributed by atoms with van der Waals surface area (Å²) in [5.74, 6) is -0.756. The van der Waals surface area contributed by atoms with Crippen LogP contribution in [0.15, 0.2) is 29.1 Å². The van der Waals surface area contributed by atoms with Gasteiger partial charge in [0.05, 0.1) is 5.69 Å². The maximum Gasteiger partial charge on any atom is 0.251 e. The van der Waals surface area contributed by atoms with Crippen molar-refractivity contribution in [1.82, 2.24) is 9.97 Å². The highest BCUT2D eigenvalue weighted by Gasteiger charge is 2.19. The number of hydrogen-bond acceptors (Lipinski definition) is 2. The first-order chi connectivity index (χ1) is 8.77. The molecule has 0 radical (unpaired) electrons. The molecule has 5 heteroatoms. The van der Waals surface area contributed by atoms with Crippen molar-refractivity contribution in [2.24, 2.45) is 0 Å². The van der Waals surface area contributed by atoms with Crippen LogP contribution in [0.1, 0.15) is 26.6 Å². The Labute approximate surface area is 109 Å². The van der Waals surface area contributed by atoms with Crippen LogP contribution in [0.4, 0.5) is 8.78 Å². The zero-order chi connectivity index (χ0) is 14.2. The quantitative estimate of drug-likeness (QED) is 0.860. The highest BCUT2D eigenvalue weighted by molar-refractivity contribution is 5.59. The van der Waals surface area contributed by atoms with E-state index in [2.05, 4.69) is 9.97 Å². The molecule has 0 saturated heterocycles. The van der Waals surface area contributed by atoms with Crippen molar-refractivity contribution in [3.05, 3.63) is 52.1 Å². The molecule has 3 nitrogen and oxygen atoms in total. The lowest BCUT2D eigenvalue weighted by Crippen LogP contribution is -2.22. The van der Waals surface area contributed by atoms with Gasteiger partial charge in [-0.2, -0.15) is 0 Å². The van der Waals surface area contributed by atoms with E-state index in [0.717, 1.165) is 24.3 Å². The minimum Gasteiger partial charge on any atom is -0.310 e. The van der Waals surface area contributed by atoms with Gasteiger partial charge in [-0.15, -0.1) is 0 Å². The van der Waals surface area contributed by atoms with Crippen molar-refractivity contribution < 1.29 is 8.78 Å². The SMILES string of the molecule is CC(C)(C)c1nc(-c2cc(F)ccc2F)cc(=O)[nH]1. The topological polar surface area (TPSA) is 45.8 Å². The van der Waals surface area contributed by atoms with Gasteiger partial charge in [0.25, 0.3) is 5.56 Å². The lowest BCUT2D eigenvalue weighted by molar-refractivity contribution is 0.542. The van der Waals surface area contributed by atoms with E-state index in [9.17, 15) is 13.6 Å². The predicted octanol–water partition coefficient (Wildman–Crippen LogP) is 3.01. The smallest absolute Gasteiger partial charge is 0.251 e. The highest BCUT2D eigenvalue weighted by atomic mass is 19.1. The van der Waals surface area contributed by atoms with Crippen molar-refractivity contribution in [2.45, 2.75) is 26.2 Å². The van der Waals surface area contributed by atoms with Crippen LogP contribution in [-0.4, -0.2) is 9.97 Å². The van der Waals surface area contributed by atoms with Crippen molar-refractivity contribution in [1.29, 1.82) is 0 Å². The molecule has 0 aliphatic carbocycles. The number of aromatic amines is 1. The molecule has 1 aromatic carbocycles. The number of H-pyrrole nitrogens is 1. The third kappa shape index (κ3) is 2.86. The molecule has 2 rings (SSSR count). The van der Waals surface area contributed by atoms with Crippen LogP contribution in [0.5, 0.6) is 0 Å². The molecule has 0 bridgehead atoms. The summed E-state index contributed by atoms with van der Waals surface area (Å²) in [6.07, 6.45) is 0. The average molecular weight is 264 g/mol. The van der Waals surface area contributed by atoms with E-state index < -0.39 is 17.2 Å². The van der Waals surface area contributed by atoms with Gasteiger partial charge in [0, 0.05) is 17.0 Å². The molecule has 100 valence electrons. The molecular weight excluding hydrogens is 250 g/mol. The summed E-state index contributed by atoms with van der Waals surface area (Å²) in [6.45, 7) is 5.62. The van der Waals surface area contributed by atoms with Crippen LogP contribution in [0, 0.1) is 11.6 Å². The molecule has 0 fully saturated rings. The van der Waals surface area contributed by atoms with E-state index >= 15 is 0 Å². The van der Waals surface area contributed by atoms with Crippen molar-refractivity contribution in [2.75, 3.05) is 0 Å². The van der Waals surface area contributed by atoms with Gasteiger partial charge in [-0.1, -0.05) is 20.8 Å². The second kappa shape index (κ2) is 4.57. The molecule has 1 N–H and O–H groups in total. The van der Waals surface area contributed by atoms with Gasteiger partial charge in [-0.05, 0) is 18.2 Å². The van der Waals surface area contributed by atoms with E-state index in [1.807, 2.05) is 20.8 Å². The lowest BCUT2D eigenvalue weighted by atomic mass is 9.95. The second-order valence-corrected chi connectivity index (χ2v) is 5.35. The molecule has 1 aromatic heterocycles. The van der Waals surface area contributed by atoms with Crippen LogP contribution < -0.4 is 5.56 Å². The average Bonchev–Trinajstić information content (AvgIpc) is 2.30. The van der Waals surface area contributed by atoms with Gasteiger partial charge in [-0.25, -0.2) is 13.8 Å². The van der Waals surface area contributed by atoms with Crippen LogP contribution in [0.3, 0.4) is 0 Å². The Bertz CT molecular complexity index is 672. The first-order valence-corrected chi connectivity index (χ1v) is 5.84. The predicted molar refractivity (Wildman–Crippen MR) is 68.9 cm³/mol. The van der Waals surface area contributed by atoms with Crippen LogP contribution in [0.2, 0.25) is 0 Å². The minimum atomic E-state index is -0.612. The molecule has 0 amide bonds. The molecule has 0 unspecified atom stereocenters. The highest BCUT2D eigenvalue weighted by Crippen LogP contribution is 2.23. The standard InChI is InChI=1S/C14H14F2N2O/c1-14(2,3)13-17-11(7-12(19)18-13)9-6-8(15)4-5-10(9)16/h4-7H,1-3H3,(H,17,18,19). The van der Waals surface area contributed by atoms with Gasteiger partial charge in [0.2, 0.25) is 0 Å². The Morgan fingerprint density at radius 1 is 1.16 bits per heavy atom. The molecule has 0 spiro atoms. The van der Waals surface area contributed by atoms with Gasteiger partial charge < -0.3 is 4.98 Å². The third-order valence-corrected chi connectivity index (χ3v) is 2.66. The molecule has 0 atom stereocenters. The molecule has 0 aliphatic rings. The molecule has 19 heavy (non-hydrogen) atoms. The summed E-state index contributed by atoms with van der Waals surface area (Å²) in [5, 5.41) is 0. The first-order valence-electron chi connectivity index (χ1n) is 5.84. The number of hydrogen-bond donors (Lipinski definition) is 1. The Balaban J connectivity index is 2.66. The van der Waals surface area contributed by atoms with E-state index in [-0.39, 0.29) is 16.7 Å². The summed E-state index contributed by atoms with van der Waals surface area (Å²) in [4.78, 5) is 18.4. The van der Waals surface area contributed by atoms with Gasteiger partial charge in [0.15, 0.2) is 0 Å². The maximum absolute atomic E-state index is 13.7. The fraction of sp³-hybridized carbons (Fsp3) is 0.286. The molecular formula is C14H14F2N2O. The van der Waals surface area contributed by atoms with E-state index in [1.165, 1.54) is 0 Å². The zero-order valence-corrected chi connectivity index (χ0v) is 10.9. The Kier molecular flexibility index (Phi) is 3.22. The Morgan fingerprint density at radius 3 is 2.47 bits per heavy atom. The lowest BCUT2D eigenvalue weighted by Gasteiger charge is -2.17. The summed E-state index contributed by atoms with van der Waals surface area (Å²) in [5.41, 5.74) is -0.667. The van der Waals surface area contributed by atoms with Crippen molar-refractivity contribution in [3.63, 3.8) is 0 Å². The molecule has 0 saturated carbocycles.